The van der Waals surface area contributed by atoms with Crippen LogP contribution in [-0.4, -0.2) is 18.1 Å². The van der Waals surface area contributed by atoms with E-state index < -0.39 is 0 Å². The van der Waals surface area contributed by atoms with E-state index in [1.54, 1.807) is 0 Å². The molecule has 0 amide bonds. The molecule has 0 atom stereocenters. The van der Waals surface area contributed by atoms with Crippen molar-refractivity contribution in [3.8, 4) is 0 Å². The van der Waals surface area contributed by atoms with E-state index >= 15 is 0 Å². The van der Waals surface area contributed by atoms with Crippen molar-refractivity contribution < 1.29 is 0 Å². The average Bonchev–Trinajstić information content (AvgIpc) is 2.67. The van der Waals surface area contributed by atoms with Crippen LogP contribution in [0.1, 0.15) is 30.5 Å². The Hall–Kier alpha value is -2.32. The highest BCUT2D eigenvalue weighted by Crippen LogP contribution is 2.23. The van der Waals surface area contributed by atoms with Crippen LogP contribution in [0, 0.1) is 0 Å². The molecular weight excluding hydrogens is 328 g/mol. The molecule has 0 saturated carbocycles. The second-order valence-corrected chi connectivity index (χ2v) is 6.39. The van der Waals surface area contributed by atoms with Crippen LogP contribution in [0.25, 0.3) is 22.9 Å². The van der Waals surface area contributed by atoms with Crippen LogP contribution in [-0.2, 0) is 0 Å². The lowest BCUT2D eigenvalue weighted by Gasteiger charge is -2.28. The Balaban J connectivity index is 0.00000182. The highest BCUT2D eigenvalue weighted by atomic mass is 35.5. The summed E-state index contributed by atoms with van der Waals surface area (Å²) in [7, 11) is 0. The van der Waals surface area contributed by atoms with E-state index in [9.17, 15) is 0 Å². The Bertz CT molecular complexity index is 861. The van der Waals surface area contributed by atoms with Crippen LogP contribution in [0.5, 0.6) is 0 Å². The molecule has 2 heterocycles. The number of pyridine rings is 1. The molecule has 4 rings (SSSR count). The van der Waals surface area contributed by atoms with E-state index in [0.29, 0.717) is 0 Å². The van der Waals surface area contributed by atoms with Crippen LogP contribution < -0.4 is 4.90 Å². The summed E-state index contributed by atoms with van der Waals surface area (Å²) in [6, 6.07) is 19.3. The monoisotopic (exact) mass is 350 g/mol. The summed E-state index contributed by atoms with van der Waals surface area (Å²) >= 11 is 0. The summed E-state index contributed by atoms with van der Waals surface area (Å²) in [6.07, 6.45) is 10.2. The second kappa shape index (κ2) is 8.17. The van der Waals surface area contributed by atoms with E-state index in [4.69, 9.17) is 0 Å². The minimum Gasteiger partial charge on any atom is -0.371 e. The van der Waals surface area contributed by atoms with Crippen molar-refractivity contribution >= 4 is 41.0 Å². The van der Waals surface area contributed by atoms with Crippen LogP contribution in [0.4, 0.5) is 5.69 Å². The maximum atomic E-state index is 4.52. The van der Waals surface area contributed by atoms with Gasteiger partial charge in [-0.3, -0.25) is 4.98 Å². The maximum Gasteiger partial charge on any atom is 0.0650 e. The lowest BCUT2D eigenvalue weighted by molar-refractivity contribution is 0.577. The van der Waals surface area contributed by atoms with E-state index in [-0.39, 0.29) is 12.4 Å². The van der Waals surface area contributed by atoms with Gasteiger partial charge in [-0.25, -0.2) is 0 Å². The summed E-state index contributed by atoms with van der Waals surface area (Å²) in [5.41, 5.74) is 3.55. The molecule has 3 heteroatoms. The number of hydrogen-bond donors (Lipinski definition) is 0. The molecule has 0 radical (unpaired) electrons. The van der Waals surface area contributed by atoms with E-state index in [1.165, 1.54) is 41.3 Å². The zero-order valence-electron chi connectivity index (χ0n) is 14.3. The topological polar surface area (TPSA) is 16.1 Å². The Morgan fingerprint density at radius 2 is 1.64 bits per heavy atom. The van der Waals surface area contributed by atoms with Gasteiger partial charge in [0, 0.05) is 25.0 Å². The van der Waals surface area contributed by atoms with Gasteiger partial charge in [0.25, 0.3) is 0 Å². The first-order valence-corrected chi connectivity index (χ1v) is 8.77. The smallest absolute Gasteiger partial charge is 0.0650 e. The Morgan fingerprint density at radius 1 is 0.840 bits per heavy atom. The number of piperidine rings is 1. The summed E-state index contributed by atoms with van der Waals surface area (Å²) in [6.45, 7) is 2.33. The number of rotatable bonds is 3. The van der Waals surface area contributed by atoms with Gasteiger partial charge in [-0.05, 0) is 53.8 Å². The number of halogens is 1. The minimum absolute atomic E-state index is 0. The molecule has 0 bridgehead atoms. The zero-order valence-corrected chi connectivity index (χ0v) is 15.1. The number of benzene rings is 2. The lowest BCUT2D eigenvalue weighted by Crippen LogP contribution is -2.29. The molecule has 1 fully saturated rings. The number of aromatic nitrogens is 1. The molecule has 25 heavy (non-hydrogen) atoms. The van der Waals surface area contributed by atoms with Gasteiger partial charge >= 0.3 is 0 Å². The van der Waals surface area contributed by atoms with Crippen molar-refractivity contribution in [1.82, 2.24) is 4.98 Å². The molecule has 3 aromatic rings. The third-order valence-electron chi connectivity index (χ3n) is 4.74. The van der Waals surface area contributed by atoms with Gasteiger partial charge in [0.05, 0.1) is 5.69 Å². The molecule has 0 aliphatic carbocycles. The number of hydrogen-bond acceptors (Lipinski definition) is 2. The molecular formula is C22H23ClN2. The molecule has 0 N–H and O–H groups in total. The van der Waals surface area contributed by atoms with Gasteiger partial charge in [-0.1, -0.05) is 48.5 Å². The predicted molar refractivity (Wildman–Crippen MR) is 110 cm³/mol. The Kier molecular flexibility index (Phi) is 5.72. The molecule has 2 aromatic carbocycles. The normalized spacial score (nSPS) is 14.6. The first-order chi connectivity index (χ1) is 11.9. The lowest BCUT2D eigenvalue weighted by atomic mass is 10.0. The van der Waals surface area contributed by atoms with Crippen LogP contribution >= 0.6 is 12.4 Å². The van der Waals surface area contributed by atoms with E-state index in [2.05, 4.69) is 76.6 Å². The highest BCUT2D eigenvalue weighted by Gasteiger charge is 2.10. The fourth-order valence-electron chi connectivity index (χ4n) is 3.45. The number of fused-ring (bicyclic) bond motifs is 1. The zero-order chi connectivity index (χ0) is 16.2. The SMILES string of the molecule is C(=C\c1cccc2ccccc12)/c1cc(N2CCCCC2)ccn1.Cl. The fraction of sp³-hybridized carbons (Fsp3) is 0.227. The van der Waals surface area contributed by atoms with E-state index in [0.717, 1.165) is 18.8 Å². The van der Waals surface area contributed by atoms with Gasteiger partial charge < -0.3 is 4.90 Å². The van der Waals surface area contributed by atoms with Crippen molar-refractivity contribution in [2.45, 2.75) is 19.3 Å². The summed E-state index contributed by atoms with van der Waals surface area (Å²) in [5, 5.41) is 2.55. The standard InChI is InChI=1S/C22H22N2.ClH/c1-4-15-24(16-5-1)21-13-14-23-20(17-21)12-11-19-9-6-8-18-7-2-3-10-22(18)19;/h2-3,6-14,17H,1,4-5,15-16H2;1H/b12-11+;. The Labute approximate surface area is 155 Å². The number of nitrogens with zero attached hydrogens (tertiary/aromatic N) is 2. The predicted octanol–water partition coefficient (Wildman–Crippen LogP) is 5.82. The molecule has 0 spiro atoms. The maximum absolute atomic E-state index is 4.52. The van der Waals surface area contributed by atoms with Gasteiger partial charge in [0.15, 0.2) is 0 Å². The van der Waals surface area contributed by atoms with Crippen LogP contribution in [0.2, 0.25) is 0 Å². The first-order valence-electron chi connectivity index (χ1n) is 8.77. The van der Waals surface area contributed by atoms with E-state index in [1.807, 2.05) is 6.20 Å². The summed E-state index contributed by atoms with van der Waals surface area (Å²) < 4.78 is 0. The number of anilines is 1. The van der Waals surface area contributed by atoms with Crippen LogP contribution in [0.15, 0.2) is 60.8 Å². The van der Waals surface area contributed by atoms with Gasteiger partial charge in [0.1, 0.15) is 0 Å². The average molecular weight is 351 g/mol. The second-order valence-electron chi connectivity index (χ2n) is 6.39. The van der Waals surface area contributed by atoms with Crippen molar-refractivity contribution in [2.75, 3.05) is 18.0 Å². The fourth-order valence-corrected chi connectivity index (χ4v) is 3.45. The third kappa shape index (κ3) is 4.02. The van der Waals surface area contributed by atoms with Crippen molar-refractivity contribution in [3.05, 3.63) is 72.1 Å². The van der Waals surface area contributed by atoms with Crippen molar-refractivity contribution in [3.63, 3.8) is 0 Å². The molecule has 2 nitrogen and oxygen atoms in total. The van der Waals surface area contributed by atoms with Gasteiger partial charge in [-0.15, -0.1) is 12.4 Å². The molecule has 1 aliphatic rings. The van der Waals surface area contributed by atoms with Gasteiger partial charge in [-0.2, -0.15) is 0 Å². The quantitative estimate of drug-likeness (QED) is 0.591. The Morgan fingerprint density at radius 3 is 2.52 bits per heavy atom. The van der Waals surface area contributed by atoms with Crippen molar-refractivity contribution in [2.24, 2.45) is 0 Å². The molecule has 1 aromatic heterocycles. The molecule has 0 unspecified atom stereocenters. The largest absolute Gasteiger partial charge is 0.371 e. The third-order valence-corrected chi connectivity index (χ3v) is 4.74. The first kappa shape index (κ1) is 17.5. The van der Waals surface area contributed by atoms with Crippen molar-refractivity contribution in [1.29, 1.82) is 0 Å². The minimum atomic E-state index is 0. The highest BCUT2D eigenvalue weighted by molar-refractivity contribution is 5.92. The summed E-state index contributed by atoms with van der Waals surface area (Å²) in [4.78, 5) is 6.99. The van der Waals surface area contributed by atoms with Crippen LogP contribution in [0.3, 0.4) is 0 Å². The van der Waals surface area contributed by atoms with Gasteiger partial charge in [0.2, 0.25) is 0 Å². The molecule has 1 saturated heterocycles. The summed E-state index contributed by atoms with van der Waals surface area (Å²) in [5.74, 6) is 0. The molecule has 1 aliphatic heterocycles. The molecule has 128 valence electrons.